The lowest BCUT2D eigenvalue weighted by molar-refractivity contribution is -0.143. The first kappa shape index (κ1) is 22.9. The van der Waals surface area contributed by atoms with Gasteiger partial charge >= 0.3 is 5.97 Å². The van der Waals surface area contributed by atoms with Crippen LogP contribution in [0.3, 0.4) is 0 Å². The Kier molecular flexibility index (Phi) is 6.73. The molecule has 1 saturated carbocycles. The average Bonchev–Trinajstić information content (AvgIpc) is 3.13. The molecule has 0 spiro atoms. The van der Waals surface area contributed by atoms with Crippen LogP contribution in [0.4, 0.5) is 10.2 Å². The smallest absolute Gasteiger partial charge is 0.306 e. The molecule has 3 N–H and O–H groups in total. The van der Waals surface area contributed by atoms with Crippen LogP contribution >= 0.6 is 11.6 Å². The van der Waals surface area contributed by atoms with Gasteiger partial charge in [-0.1, -0.05) is 17.7 Å². The van der Waals surface area contributed by atoms with Crippen molar-refractivity contribution < 1.29 is 19.1 Å². The van der Waals surface area contributed by atoms with Gasteiger partial charge in [-0.3, -0.25) is 14.3 Å². The molecule has 1 fully saturated rings. The Labute approximate surface area is 194 Å². The van der Waals surface area contributed by atoms with E-state index >= 15 is 0 Å². The maximum absolute atomic E-state index is 13.3. The van der Waals surface area contributed by atoms with Crippen molar-refractivity contribution in [1.82, 2.24) is 25.1 Å². The first-order valence-electron chi connectivity index (χ1n) is 10.7. The first-order chi connectivity index (χ1) is 15.8. The van der Waals surface area contributed by atoms with E-state index < -0.39 is 17.7 Å². The normalized spacial score (nSPS) is 18.3. The number of carboxylic acid groups (broad SMARTS) is 1. The zero-order valence-corrected chi connectivity index (χ0v) is 18.8. The second kappa shape index (κ2) is 9.70. The molecule has 2 heterocycles. The standard InChI is InChI=1S/C22H24ClFN6O3/c1-30-20(25-9-12-2-5-14(6-3-12)22(32)33)18-17(29-30)19(28-11-27-18)21(31)26-10-13-4-7-16(24)15(23)8-13/h4,7-8,11-12,14,25H,2-3,5-6,9-10H2,1H3,(H,26,31)(H,32,33). The second-order valence-corrected chi connectivity index (χ2v) is 8.67. The predicted octanol–water partition coefficient (Wildman–Crippen LogP) is 3.39. The molecule has 33 heavy (non-hydrogen) atoms. The number of hydrogen-bond donors (Lipinski definition) is 3. The minimum atomic E-state index is -0.718. The molecule has 1 aliphatic carbocycles. The second-order valence-electron chi connectivity index (χ2n) is 8.26. The molecule has 9 nitrogen and oxygen atoms in total. The van der Waals surface area contributed by atoms with E-state index in [1.54, 1.807) is 17.8 Å². The van der Waals surface area contributed by atoms with E-state index in [0.29, 0.717) is 47.7 Å². The van der Waals surface area contributed by atoms with E-state index in [0.717, 1.165) is 12.8 Å². The van der Waals surface area contributed by atoms with Crippen LogP contribution < -0.4 is 10.6 Å². The number of halogens is 2. The minimum absolute atomic E-state index is 0.0111. The van der Waals surface area contributed by atoms with Crippen molar-refractivity contribution in [2.24, 2.45) is 18.9 Å². The van der Waals surface area contributed by atoms with Crippen molar-refractivity contribution >= 4 is 40.3 Å². The number of aryl methyl sites for hydroxylation is 1. The van der Waals surface area contributed by atoms with E-state index in [-0.39, 0.29) is 23.2 Å². The number of hydrogen-bond acceptors (Lipinski definition) is 6. The highest BCUT2D eigenvalue weighted by molar-refractivity contribution is 6.30. The summed E-state index contributed by atoms with van der Waals surface area (Å²) >= 11 is 5.80. The van der Waals surface area contributed by atoms with E-state index in [1.165, 1.54) is 18.5 Å². The summed E-state index contributed by atoms with van der Waals surface area (Å²) in [5.74, 6) is -0.889. The lowest BCUT2D eigenvalue weighted by Crippen LogP contribution is -2.25. The largest absolute Gasteiger partial charge is 0.481 e. The van der Waals surface area contributed by atoms with Gasteiger partial charge in [0.1, 0.15) is 23.2 Å². The third-order valence-corrected chi connectivity index (χ3v) is 6.32. The number of aromatic nitrogens is 4. The van der Waals surface area contributed by atoms with E-state index in [4.69, 9.17) is 16.7 Å². The number of amides is 1. The highest BCUT2D eigenvalue weighted by Gasteiger charge is 2.26. The van der Waals surface area contributed by atoms with Crippen LogP contribution in [0.15, 0.2) is 24.5 Å². The summed E-state index contributed by atoms with van der Waals surface area (Å²) in [4.78, 5) is 32.3. The Morgan fingerprint density at radius 3 is 2.67 bits per heavy atom. The van der Waals surface area contributed by atoms with Gasteiger partial charge in [0.25, 0.3) is 5.91 Å². The van der Waals surface area contributed by atoms with Crippen LogP contribution in [0.2, 0.25) is 5.02 Å². The third-order valence-electron chi connectivity index (χ3n) is 6.03. The van der Waals surface area contributed by atoms with E-state index in [1.807, 2.05) is 0 Å². The molecule has 11 heteroatoms. The molecular weight excluding hydrogens is 451 g/mol. The van der Waals surface area contributed by atoms with Crippen molar-refractivity contribution in [3.05, 3.63) is 46.6 Å². The van der Waals surface area contributed by atoms with E-state index in [2.05, 4.69) is 25.7 Å². The van der Waals surface area contributed by atoms with E-state index in [9.17, 15) is 14.0 Å². The molecule has 0 atom stereocenters. The fraction of sp³-hybridized carbons (Fsp3) is 0.409. The molecule has 0 radical (unpaired) electrons. The number of aliphatic carboxylic acids is 1. The first-order valence-corrected chi connectivity index (χ1v) is 11.1. The number of carbonyl (C=O) groups is 2. The van der Waals surface area contributed by atoms with Gasteiger partial charge < -0.3 is 15.7 Å². The lowest BCUT2D eigenvalue weighted by Gasteiger charge is -2.26. The maximum atomic E-state index is 13.3. The number of nitrogens with zero attached hydrogens (tertiary/aromatic N) is 4. The molecule has 1 amide bonds. The number of anilines is 1. The SMILES string of the molecule is Cn1nc2c(C(=O)NCc3ccc(F)c(Cl)c3)ncnc2c1NCC1CCC(C(=O)O)CC1. The molecule has 174 valence electrons. The summed E-state index contributed by atoms with van der Waals surface area (Å²) in [6.07, 6.45) is 4.36. The molecule has 0 aliphatic heterocycles. The van der Waals surface area contributed by atoms with Gasteiger partial charge in [0.2, 0.25) is 0 Å². The molecule has 1 aliphatic rings. The summed E-state index contributed by atoms with van der Waals surface area (Å²) in [6, 6.07) is 4.25. The molecule has 4 rings (SSSR count). The van der Waals surface area contributed by atoms with Crippen molar-refractivity contribution in [3.8, 4) is 0 Å². The van der Waals surface area contributed by atoms with Gasteiger partial charge in [0.15, 0.2) is 11.5 Å². The number of carbonyl (C=O) groups excluding carboxylic acids is 1. The number of fused-ring (bicyclic) bond motifs is 1. The molecule has 3 aromatic rings. The number of nitrogens with one attached hydrogen (secondary N) is 2. The fourth-order valence-electron chi connectivity index (χ4n) is 4.13. The van der Waals surface area contributed by atoms with Gasteiger partial charge in [-0.25, -0.2) is 14.4 Å². The maximum Gasteiger partial charge on any atom is 0.306 e. The zero-order valence-electron chi connectivity index (χ0n) is 18.0. The van der Waals surface area contributed by atoms with Crippen LogP contribution in [0.1, 0.15) is 41.7 Å². The van der Waals surface area contributed by atoms with Crippen molar-refractivity contribution in [3.63, 3.8) is 0 Å². The summed E-state index contributed by atoms with van der Waals surface area (Å²) in [7, 11) is 1.76. The Balaban J connectivity index is 1.44. The van der Waals surface area contributed by atoms with Crippen LogP contribution in [0.25, 0.3) is 11.0 Å². The summed E-state index contributed by atoms with van der Waals surface area (Å²) < 4.78 is 15.0. The Bertz CT molecular complexity index is 1190. The summed E-state index contributed by atoms with van der Waals surface area (Å²) in [5, 5.41) is 19.7. The Morgan fingerprint density at radius 1 is 1.21 bits per heavy atom. The lowest BCUT2D eigenvalue weighted by atomic mass is 9.82. The van der Waals surface area contributed by atoms with Crippen LogP contribution in [-0.4, -0.2) is 43.3 Å². The highest BCUT2D eigenvalue weighted by atomic mass is 35.5. The third kappa shape index (κ3) is 5.05. The van der Waals surface area contributed by atoms with Gasteiger partial charge in [0, 0.05) is 20.1 Å². The Morgan fingerprint density at radius 2 is 1.97 bits per heavy atom. The minimum Gasteiger partial charge on any atom is -0.481 e. The van der Waals surface area contributed by atoms with Gasteiger partial charge in [-0.05, 0) is 49.3 Å². The number of carboxylic acids is 1. The van der Waals surface area contributed by atoms with Gasteiger partial charge in [-0.2, -0.15) is 5.10 Å². The molecular formula is C22H24ClFN6O3. The van der Waals surface area contributed by atoms with Crippen molar-refractivity contribution in [1.29, 1.82) is 0 Å². The summed E-state index contributed by atoms with van der Waals surface area (Å²) in [5.41, 5.74) is 1.69. The highest BCUT2D eigenvalue weighted by Crippen LogP contribution is 2.30. The Hall–Kier alpha value is -3.27. The number of rotatable bonds is 7. The molecule has 2 aromatic heterocycles. The van der Waals surface area contributed by atoms with Crippen LogP contribution in [0, 0.1) is 17.7 Å². The molecule has 0 saturated heterocycles. The monoisotopic (exact) mass is 474 g/mol. The van der Waals surface area contributed by atoms with Crippen molar-refractivity contribution in [2.75, 3.05) is 11.9 Å². The fourth-order valence-corrected chi connectivity index (χ4v) is 4.34. The average molecular weight is 475 g/mol. The number of benzene rings is 1. The van der Waals surface area contributed by atoms with Gasteiger partial charge in [0.05, 0.1) is 10.9 Å². The van der Waals surface area contributed by atoms with Crippen LogP contribution in [-0.2, 0) is 18.4 Å². The van der Waals surface area contributed by atoms with Gasteiger partial charge in [-0.15, -0.1) is 0 Å². The summed E-state index contributed by atoms with van der Waals surface area (Å²) in [6.45, 7) is 0.819. The van der Waals surface area contributed by atoms with Crippen molar-refractivity contribution in [2.45, 2.75) is 32.2 Å². The molecule has 0 bridgehead atoms. The predicted molar refractivity (Wildman–Crippen MR) is 120 cm³/mol. The van der Waals surface area contributed by atoms with Crippen LogP contribution in [0.5, 0.6) is 0 Å². The zero-order chi connectivity index (χ0) is 23.5. The topological polar surface area (TPSA) is 122 Å². The molecule has 0 unspecified atom stereocenters. The molecule has 1 aromatic carbocycles. The quantitative estimate of drug-likeness (QED) is 0.479.